The van der Waals surface area contributed by atoms with Gasteiger partial charge in [0.15, 0.2) is 0 Å². The summed E-state index contributed by atoms with van der Waals surface area (Å²) in [6.07, 6.45) is 1.63. The van der Waals surface area contributed by atoms with E-state index < -0.39 is 0 Å². The average molecular weight is 389 g/mol. The molecule has 0 spiro atoms. The van der Waals surface area contributed by atoms with Gasteiger partial charge in [-0.3, -0.25) is 9.59 Å². The van der Waals surface area contributed by atoms with Crippen LogP contribution in [0, 0.1) is 0 Å². The Bertz CT molecular complexity index is 835. The summed E-state index contributed by atoms with van der Waals surface area (Å²) >= 11 is 0. The molecule has 0 aliphatic carbocycles. The van der Waals surface area contributed by atoms with Crippen LogP contribution < -0.4 is 14.4 Å². The largest absolute Gasteiger partial charge is 0.492 e. The minimum atomic E-state index is 0.503. The first kappa shape index (κ1) is 20.1. The van der Waals surface area contributed by atoms with Crippen LogP contribution in [-0.2, 0) is 0 Å². The van der Waals surface area contributed by atoms with Crippen LogP contribution in [0.15, 0.2) is 78.9 Å². The van der Waals surface area contributed by atoms with E-state index in [2.05, 4.69) is 17.0 Å². The van der Waals surface area contributed by atoms with E-state index in [1.54, 1.807) is 48.5 Å². The number of rotatable bonds is 11. The predicted octanol–water partition coefficient (Wildman–Crippen LogP) is 4.28. The topological polar surface area (TPSA) is 55.8 Å². The van der Waals surface area contributed by atoms with E-state index in [9.17, 15) is 9.59 Å². The van der Waals surface area contributed by atoms with Gasteiger partial charge in [0, 0.05) is 16.8 Å². The number of para-hydroxylation sites is 1. The molecule has 0 atom stereocenters. The number of aldehydes is 2. The Balaban J connectivity index is 1.54. The lowest BCUT2D eigenvalue weighted by atomic mass is 10.2. The Morgan fingerprint density at radius 3 is 1.48 bits per heavy atom. The highest BCUT2D eigenvalue weighted by Crippen LogP contribution is 2.16. The summed E-state index contributed by atoms with van der Waals surface area (Å²) in [5.74, 6) is 1.46. The molecule has 0 aliphatic heterocycles. The minimum absolute atomic E-state index is 0.503. The monoisotopic (exact) mass is 389 g/mol. The molecule has 0 saturated carbocycles. The normalized spacial score (nSPS) is 10.2. The molecule has 0 saturated heterocycles. The fourth-order valence-electron chi connectivity index (χ4n) is 2.84. The average Bonchev–Trinajstić information content (AvgIpc) is 2.79. The van der Waals surface area contributed by atoms with Crippen molar-refractivity contribution in [3.8, 4) is 11.5 Å². The zero-order chi connectivity index (χ0) is 20.3. The summed E-state index contributed by atoms with van der Waals surface area (Å²) in [4.78, 5) is 23.7. The number of anilines is 1. The Labute approximate surface area is 170 Å². The van der Waals surface area contributed by atoms with E-state index in [0.29, 0.717) is 37.4 Å². The molecule has 0 N–H and O–H groups in total. The second-order valence-corrected chi connectivity index (χ2v) is 6.39. The van der Waals surface area contributed by atoms with Crippen LogP contribution in [0.4, 0.5) is 5.69 Å². The van der Waals surface area contributed by atoms with E-state index >= 15 is 0 Å². The van der Waals surface area contributed by atoms with Gasteiger partial charge in [-0.1, -0.05) is 18.2 Å². The maximum Gasteiger partial charge on any atom is 0.150 e. The van der Waals surface area contributed by atoms with E-state index in [-0.39, 0.29) is 0 Å². The molecule has 5 nitrogen and oxygen atoms in total. The Kier molecular flexibility index (Phi) is 7.41. The summed E-state index contributed by atoms with van der Waals surface area (Å²) in [6, 6.07) is 24.2. The molecular formula is C24H23NO4. The van der Waals surface area contributed by atoms with Gasteiger partial charge >= 0.3 is 0 Å². The summed E-state index contributed by atoms with van der Waals surface area (Å²) < 4.78 is 11.6. The molecule has 5 heteroatoms. The number of benzene rings is 3. The highest BCUT2D eigenvalue weighted by molar-refractivity contribution is 5.75. The van der Waals surface area contributed by atoms with Crippen molar-refractivity contribution in [3.63, 3.8) is 0 Å². The first-order valence-electron chi connectivity index (χ1n) is 9.44. The number of hydrogen-bond donors (Lipinski definition) is 0. The molecule has 3 aromatic rings. The van der Waals surface area contributed by atoms with E-state index in [1.165, 1.54) is 0 Å². The molecule has 0 fully saturated rings. The molecule has 148 valence electrons. The number of carbonyl (C=O) groups is 2. The molecule has 0 aromatic heterocycles. The van der Waals surface area contributed by atoms with E-state index in [4.69, 9.17) is 9.47 Å². The smallest absolute Gasteiger partial charge is 0.150 e. The summed E-state index contributed by atoms with van der Waals surface area (Å²) in [6.45, 7) is 2.38. The number of nitrogens with zero attached hydrogens (tertiary/aromatic N) is 1. The van der Waals surface area contributed by atoms with Gasteiger partial charge < -0.3 is 14.4 Å². The molecular weight excluding hydrogens is 366 g/mol. The van der Waals surface area contributed by atoms with Crippen LogP contribution in [0.2, 0.25) is 0 Å². The fourth-order valence-corrected chi connectivity index (χ4v) is 2.84. The van der Waals surface area contributed by atoms with Crippen molar-refractivity contribution >= 4 is 18.3 Å². The van der Waals surface area contributed by atoms with Crippen LogP contribution in [-0.4, -0.2) is 38.9 Å². The molecule has 0 heterocycles. The van der Waals surface area contributed by atoms with Crippen LogP contribution in [0.1, 0.15) is 20.7 Å². The third kappa shape index (κ3) is 6.21. The first-order valence-corrected chi connectivity index (χ1v) is 9.44. The van der Waals surface area contributed by atoms with Crippen LogP contribution >= 0.6 is 0 Å². The summed E-state index contributed by atoms with van der Waals surface area (Å²) in [7, 11) is 0. The maximum absolute atomic E-state index is 10.7. The minimum Gasteiger partial charge on any atom is -0.492 e. The van der Waals surface area contributed by atoms with Crippen LogP contribution in [0.5, 0.6) is 11.5 Å². The molecule has 0 amide bonds. The van der Waals surface area contributed by atoms with Gasteiger partial charge in [-0.25, -0.2) is 0 Å². The molecule has 0 radical (unpaired) electrons. The van der Waals surface area contributed by atoms with Gasteiger partial charge in [0.1, 0.15) is 37.3 Å². The van der Waals surface area contributed by atoms with Crippen LogP contribution in [0.3, 0.4) is 0 Å². The van der Waals surface area contributed by atoms with Gasteiger partial charge in [-0.2, -0.15) is 0 Å². The molecule has 0 bridgehead atoms. The van der Waals surface area contributed by atoms with Crippen molar-refractivity contribution in [3.05, 3.63) is 90.0 Å². The van der Waals surface area contributed by atoms with Gasteiger partial charge in [0.25, 0.3) is 0 Å². The SMILES string of the molecule is O=Cc1ccc(OCCN(CCOc2ccc(C=O)cc2)c2ccccc2)cc1. The van der Waals surface area contributed by atoms with Gasteiger partial charge in [-0.05, 0) is 60.7 Å². The van der Waals surface area contributed by atoms with Crippen molar-refractivity contribution in [2.45, 2.75) is 0 Å². The number of hydrogen-bond acceptors (Lipinski definition) is 5. The van der Waals surface area contributed by atoms with Crippen molar-refractivity contribution in [1.29, 1.82) is 0 Å². The highest BCUT2D eigenvalue weighted by Gasteiger charge is 2.07. The third-order valence-electron chi connectivity index (χ3n) is 4.41. The van der Waals surface area contributed by atoms with Crippen molar-refractivity contribution in [2.75, 3.05) is 31.2 Å². The molecule has 0 aliphatic rings. The van der Waals surface area contributed by atoms with Gasteiger partial charge in [0.2, 0.25) is 0 Å². The Hall–Kier alpha value is -3.60. The Morgan fingerprint density at radius 1 is 0.621 bits per heavy atom. The Morgan fingerprint density at radius 2 is 1.07 bits per heavy atom. The van der Waals surface area contributed by atoms with Gasteiger partial charge in [0.05, 0.1) is 13.1 Å². The second kappa shape index (κ2) is 10.7. The summed E-state index contributed by atoms with van der Waals surface area (Å²) in [5.41, 5.74) is 2.34. The lowest BCUT2D eigenvalue weighted by Gasteiger charge is -2.25. The number of ether oxygens (including phenoxy) is 2. The lowest BCUT2D eigenvalue weighted by Crippen LogP contribution is -2.32. The van der Waals surface area contributed by atoms with Gasteiger partial charge in [-0.15, -0.1) is 0 Å². The van der Waals surface area contributed by atoms with E-state index in [1.807, 2.05) is 18.2 Å². The standard InChI is InChI=1S/C24H23NO4/c26-18-20-6-10-23(11-7-20)28-16-14-25(22-4-2-1-3-5-22)15-17-29-24-12-8-21(19-27)9-13-24/h1-13,18-19H,14-17H2. The van der Waals surface area contributed by atoms with Crippen LogP contribution in [0.25, 0.3) is 0 Å². The van der Waals surface area contributed by atoms with Crippen molar-refractivity contribution in [2.24, 2.45) is 0 Å². The number of carbonyl (C=O) groups excluding carboxylic acids is 2. The van der Waals surface area contributed by atoms with E-state index in [0.717, 1.165) is 29.8 Å². The first-order chi connectivity index (χ1) is 14.3. The molecule has 3 rings (SSSR count). The molecule has 3 aromatic carbocycles. The van der Waals surface area contributed by atoms with Crippen molar-refractivity contribution < 1.29 is 19.1 Å². The molecule has 0 unspecified atom stereocenters. The zero-order valence-corrected chi connectivity index (χ0v) is 16.1. The maximum atomic E-state index is 10.7. The predicted molar refractivity (Wildman–Crippen MR) is 113 cm³/mol. The second-order valence-electron chi connectivity index (χ2n) is 6.39. The summed E-state index contributed by atoms with van der Waals surface area (Å²) in [5, 5.41) is 0. The quantitative estimate of drug-likeness (QED) is 0.458. The molecule has 29 heavy (non-hydrogen) atoms. The van der Waals surface area contributed by atoms with Crippen molar-refractivity contribution in [1.82, 2.24) is 0 Å². The lowest BCUT2D eigenvalue weighted by molar-refractivity contribution is 0.111. The third-order valence-corrected chi connectivity index (χ3v) is 4.41. The fraction of sp³-hybridized carbons (Fsp3) is 0.167. The highest BCUT2D eigenvalue weighted by atomic mass is 16.5. The zero-order valence-electron chi connectivity index (χ0n) is 16.1.